The summed E-state index contributed by atoms with van der Waals surface area (Å²) in [5.41, 5.74) is 10.3. The van der Waals surface area contributed by atoms with E-state index in [1.54, 1.807) is 56.2 Å². The van der Waals surface area contributed by atoms with Gasteiger partial charge >= 0.3 is 0 Å². The van der Waals surface area contributed by atoms with Gasteiger partial charge in [-0.2, -0.15) is 0 Å². The van der Waals surface area contributed by atoms with Gasteiger partial charge in [-0.15, -0.1) is 0 Å². The van der Waals surface area contributed by atoms with Gasteiger partial charge in [0.1, 0.15) is 18.2 Å². The zero-order valence-electron chi connectivity index (χ0n) is 30.7. The van der Waals surface area contributed by atoms with Crippen LogP contribution in [0.2, 0.25) is 0 Å². The van der Waals surface area contributed by atoms with Crippen LogP contribution in [0.25, 0.3) is 33.5 Å². The molecule has 2 fully saturated rings. The van der Waals surface area contributed by atoms with Crippen LogP contribution in [0, 0.1) is 18.7 Å². The number of nitrogens with zero attached hydrogens (tertiary/aromatic N) is 3. The number of Topliss-reactive ketones (excluding diaryl/α,β-unsaturated/α-hetero) is 1. The van der Waals surface area contributed by atoms with E-state index in [2.05, 4.69) is 9.97 Å². The Labute approximate surface area is 314 Å². The molecule has 0 aliphatic carbocycles. The number of aryl methyl sites for hydroxylation is 1. The number of ketones is 1. The molecule has 1 atom stereocenters. The number of carbonyl (C=O) groups excluding carboxylic acids is 1. The first-order valence-corrected chi connectivity index (χ1v) is 18.5. The van der Waals surface area contributed by atoms with E-state index in [1.807, 2.05) is 35.8 Å². The number of hydrogen-bond donors (Lipinski definition) is 1. The highest BCUT2D eigenvalue weighted by molar-refractivity contribution is 5.98. The van der Waals surface area contributed by atoms with Crippen LogP contribution in [0.1, 0.15) is 53.6 Å². The molecule has 11 heteroatoms. The molecule has 0 amide bonds. The molecule has 54 heavy (non-hydrogen) atoms. The van der Waals surface area contributed by atoms with Crippen LogP contribution in [0.5, 0.6) is 11.5 Å². The molecule has 1 unspecified atom stereocenters. The van der Waals surface area contributed by atoms with E-state index in [4.69, 9.17) is 24.7 Å². The lowest BCUT2D eigenvalue weighted by molar-refractivity contribution is -0.0114. The van der Waals surface area contributed by atoms with Crippen LogP contribution in [0.15, 0.2) is 84.2 Å². The third-order valence-corrected chi connectivity index (χ3v) is 10.2. The number of methoxy groups -OCH3 is 1. The van der Waals surface area contributed by atoms with E-state index in [-0.39, 0.29) is 29.5 Å². The van der Waals surface area contributed by atoms with Gasteiger partial charge in [0.25, 0.3) is 0 Å². The van der Waals surface area contributed by atoms with Crippen LogP contribution in [0.4, 0.5) is 10.2 Å². The van der Waals surface area contributed by atoms with Gasteiger partial charge in [0.2, 0.25) is 5.43 Å². The quantitative estimate of drug-likeness (QED) is 0.130. The number of ether oxygens (including phenoxy) is 4. The molecule has 2 N–H and O–H groups in total. The summed E-state index contributed by atoms with van der Waals surface area (Å²) in [7, 11) is 1.58. The normalized spacial score (nSPS) is 16.2. The zero-order valence-corrected chi connectivity index (χ0v) is 30.7. The second-order valence-electron chi connectivity index (χ2n) is 14.1. The van der Waals surface area contributed by atoms with Gasteiger partial charge in [0.05, 0.1) is 30.0 Å². The summed E-state index contributed by atoms with van der Waals surface area (Å²) in [6.45, 7) is 5.12. The monoisotopic (exact) mass is 732 g/mol. The Morgan fingerprint density at radius 1 is 0.907 bits per heavy atom. The van der Waals surface area contributed by atoms with E-state index >= 15 is 4.39 Å². The zero-order chi connectivity index (χ0) is 37.6. The number of nitrogen functional groups attached to an aromatic ring is 1. The standard InChI is InChI=1S/C43H45FN4O6/c1-27-6-10-38(46-21-27)35-24-48(23-28-12-15-52-16-13-28)25-36(42(35)50)39(49)18-29-7-9-33(37(44)17-29)34-19-31(22-47-43(34)45)30-8-11-40(41(20-30)51-2)54-26-32-5-3-4-14-53-32/h6-11,17,19-22,24-25,28,32H,3-5,12-16,18,23,26H2,1-2H3,(H2,45,47). The fourth-order valence-electron chi connectivity index (χ4n) is 7.08. The number of carbonyl (C=O) groups is 1. The van der Waals surface area contributed by atoms with Crippen LogP contribution >= 0.6 is 0 Å². The Morgan fingerprint density at radius 3 is 2.50 bits per heavy atom. The molecule has 2 aliphatic rings. The maximum absolute atomic E-state index is 15.9. The number of rotatable bonds is 12. The third kappa shape index (κ3) is 8.53. The minimum atomic E-state index is -0.563. The molecule has 280 valence electrons. The Balaban J connectivity index is 1.12. The molecule has 0 spiro atoms. The van der Waals surface area contributed by atoms with Gasteiger partial charge in [0.15, 0.2) is 17.3 Å². The van der Waals surface area contributed by atoms with Crippen molar-refractivity contribution in [2.45, 2.75) is 58.1 Å². The van der Waals surface area contributed by atoms with E-state index in [0.29, 0.717) is 71.7 Å². The SMILES string of the molecule is COc1cc(-c2cnc(N)c(-c3ccc(CC(=O)c4cn(CC5CCOCC5)cc(-c5ccc(C)cn5)c4=O)cc3F)c2)ccc1OCC1CCCCO1. The number of hydrogen-bond acceptors (Lipinski definition) is 9. The first-order valence-electron chi connectivity index (χ1n) is 18.5. The summed E-state index contributed by atoms with van der Waals surface area (Å²) >= 11 is 0. The highest BCUT2D eigenvalue weighted by Gasteiger charge is 2.22. The first kappa shape index (κ1) is 36.9. The van der Waals surface area contributed by atoms with E-state index in [9.17, 15) is 9.59 Å². The van der Waals surface area contributed by atoms with Crippen LogP contribution in [-0.2, 0) is 22.4 Å². The maximum Gasteiger partial charge on any atom is 0.201 e. The third-order valence-electron chi connectivity index (χ3n) is 10.2. The molecule has 0 saturated carbocycles. The van der Waals surface area contributed by atoms with Crippen molar-refractivity contribution >= 4 is 11.6 Å². The molecule has 2 aliphatic heterocycles. The van der Waals surface area contributed by atoms with Crippen molar-refractivity contribution in [2.24, 2.45) is 5.92 Å². The molecular weight excluding hydrogens is 687 g/mol. The molecule has 3 aromatic heterocycles. The van der Waals surface area contributed by atoms with Crippen molar-refractivity contribution in [1.29, 1.82) is 0 Å². The van der Waals surface area contributed by atoms with Gasteiger partial charge in [-0.05, 0) is 92.0 Å². The fourth-order valence-corrected chi connectivity index (χ4v) is 7.08. The number of nitrogens with two attached hydrogens (primary N) is 1. The molecule has 10 nitrogen and oxygen atoms in total. The average molecular weight is 733 g/mol. The van der Waals surface area contributed by atoms with Gasteiger partial charge in [-0.1, -0.05) is 24.3 Å². The highest BCUT2D eigenvalue weighted by Crippen LogP contribution is 2.36. The van der Waals surface area contributed by atoms with Crippen molar-refractivity contribution in [3.05, 3.63) is 112 Å². The van der Waals surface area contributed by atoms with Crippen molar-refractivity contribution in [2.75, 3.05) is 39.3 Å². The van der Waals surface area contributed by atoms with Crippen LogP contribution in [0.3, 0.4) is 0 Å². The predicted octanol–water partition coefficient (Wildman–Crippen LogP) is 7.48. The van der Waals surface area contributed by atoms with Crippen LogP contribution < -0.4 is 20.6 Å². The number of aromatic nitrogens is 3. The Morgan fingerprint density at radius 2 is 1.76 bits per heavy atom. The summed E-state index contributed by atoms with van der Waals surface area (Å²) in [5.74, 6) is 0.703. The largest absolute Gasteiger partial charge is 0.493 e. The Kier molecular flexibility index (Phi) is 11.5. The summed E-state index contributed by atoms with van der Waals surface area (Å²) < 4.78 is 40.8. The number of halogens is 1. The van der Waals surface area contributed by atoms with Gasteiger partial charge in [-0.3, -0.25) is 14.6 Å². The highest BCUT2D eigenvalue weighted by atomic mass is 19.1. The summed E-state index contributed by atoms with van der Waals surface area (Å²) in [6, 6.07) is 15.6. The second kappa shape index (κ2) is 16.7. The van der Waals surface area contributed by atoms with Gasteiger partial charge < -0.3 is 29.2 Å². The molecule has 7 rings (SSSR count). The fraction of sp³-hybridized carbons (Fsp3) is 0.349. The molecular formula is C43H45FN4O6. The number of anilines is 1. The molecule has 2 saturated heterocycles. The molecule has 0 bridgehead atoms. The van der Waals surface area contributed by atoms with Crippen molar-refractivity contribution in [3.8, 4) is 45.0 Å². The minimum Gasteiger partial charge on any atom is -0.493 e. The lowest BCUT2D eigenvalue weighted by atomic mass is 9.96. The summed E-state index contributed by atoms with van der Waals surface area (Å²) in [4.78, 5) is 36.4. The maximum atomic E-state index is 15.9. The van der Waals surface area contributed by atoms with Gasteiger partial charge in [0, 0.05) is 74.3 Å². The Hall–Kier alpha value is -5.39. The van der Waals surface area contributed by atoms with Gasteiger partial charge in [-0.25, -0.2) is 9.37 Å². The van der Waals surface area contributed by atoms with Crippen LogP contribution in [-0.4, -0.2) is 60.0 Å². The smallest absolute Gasteiger partial charge is 0.201 e. The van der Waals surface area contributed by atoms with Crippen molar-refractivity contribution in [3.63, 3.8) is 0 Å². The van der Waals surface area contributed by atoms with Crippen molar-refractivity contribution < 1.29 is 28.1 Å². The second-order valence-corrected chi connectivity index (χ2v) is 14.1. The van der Waals surface area contributed by atoms with Crippen molar-refractivity contribution in [1.82, 2.24) is 14.5 Å². The number of benzene rings is 2. The number of pyridine rings is 3. The van der Waals surface area contributed by atoms with E-state index < -0.39 is 17.0 Å². The topological polar surface area (TPSA) is 128 Å². The molecule has 5 heterocycles. The Bertz CT molecular complexity index is 2170. The first-order chi connectivity index (χ1) is 26.2. The lowest BCUT2D eigenvalue weighted by Gasteiger charge is -2.23. The summed E-state index contributed by atoms with van der Waals surface area (Å²) in [6.07, 6.45) is 11.6. The van der Waals surface area contributed by atoms with E-state index in [1.165, 1.54) is 6.07 Å². The summed E-state index contributed by atoms with van der Waals surface area (Å²) in [5, 5.41) is 0. The lowest BCUT2D eigenvalue weighted by Crippen LogP contribution is -2.25. The molecule has 2 aromatic carbocycles. The average Bonchev–Trinajstić information content (AvgIpc) is 3.19. The predicted molar refractivity (Wildman–Crippen MR) is 205 cm³/mol. The molecule has 0 radical (unpaired) electrons. The van der Waals surface area contributed by atoms with E-state index in [0.717, 1.165) is 49.8 Å². The molecule has 5 aromatic rings. The minimum absolute atomic E-state index is 0.0433.